The monoisotopic (exact) mass is 301 g/mol. The quantitative estimate of drug-likeness (QED) is 0.767. The number of benzene rings is 1. The lowest BCUT2D eigenvalue weighted by Crippen LogP contribution is -2.19. The maximum Gasteiger partial charge on any atom is 0.144 e. The molecule has 0 heterocycles. The molecule has 4 heteroatoms. The van der Waals surface area contributed by atoms with E-state index < -0.39 is 11.0 Å². The van der Waals surface area contributed by atoms with Gasteiger partial charge in [-0.3, -0.25) is 0 Å². The highest BCUT2D eigenvalue weighted by molar-refractivity contribution is 9.10. The molecular formula is C12H16BrNOS. The summed E-state index contributed by atoms with van der Waals surface area (Å²) in [6.45, 7) is 7.74. The van der Waals surface area contributed by atoms with E-state index in [0.29, 0.717) is 0 Å². The van der Waals surface area contributed by atoms with Crippen LogP contribution in [0.2, 0.25) is 0 Å². The molecule has 0 aliphatic carbocycles. The molecule has 0 saturated heterocycles. The van der Waals surface area contributed by atoms with Gasteiger partial charge in [-0.15, -0.1) is 0 Å². The largest absolute Gasteiger partial charge is 0.234 e. The molecule has 0 N–H and O–H groups in total. The lowest BCUT2D eigenvalue weighted by molar-refractivity contribution is 0.651. The van der Waals surface area contributed by atoms with Crippen molar-refractivity contribution in [3.8, 4) is 0 Å². The third-order valence-corrected chi connectivity index (χ3v) is 4.32. The Morgan fingerprint density at radius 1 is 1.38 bits per heavy atom. The van der Waals surface area contributed by atoms with Gasteiger partial charge in [-0.05, 0) is 44.9 Å². The van der Waals surface area contributed by atoms with Gasteiger partial charge in [0.05, 0.1) is 4.75 Å². The van der Waals surface area contributed by atoms with E-state index in [2.05, 4.69) is 20.3 Å². The van der Waals surface area contributed by atoms with Gasteiger partial charge in [-0.1, -0.05) is 28.1 Å². The van der Waals surface area contributed by atoms with Crippen LogP contribution in [0.5, 0.6) is 0 Å². The summed E-state index contributed by atoms with van der Waals surface area (Å²) < 4.78 is 16.6. The summed E-state index contributed by atoms with van der Waals surface area (Å²) in [5.74, 6) is 0. The zero-order valence-corrected chi connectivity index (χ0v) is 12.4. The van der Waals surface area contributed by atoms with Crippen molar-refractivity contribution in [1.82, 2.24) is 0 Å². The molecule has 1 atom stereocenters. The SMILES string of the molecule is Cc1c(Br)cccc1C=N[S@@](=O)C(C)(C)C. The van der Waals surface area contributed by atoms with E-state index in [4.69, 9.17) is 0 Å². The van der Waals surface area contributed by atoms with Crippen LogP contribution in [0.4, 0.5) is 0 Å². The van der Waals surface area contributed by atoms with Crippen molar-refractivity contribution in [2.45, 2.75) is 32.4 Å². The Hall–Kier alpha value is -0.480. The standard InChI is InChI=1S/C12H16BrNOS/c1-9-10(6-5-7-11(9)13)8-14-16(15)12(2,3)4/h5-8H,1-4H3/t16-/m0/s1. The zero-order valence-electron chi connectivity index (χ0n) is 9.95. The van der Waals surface area contributed by atoms with Crippen LogP contribution >= 0.6 is 15.9 Å². The summed E-state index contributed by atoms with van der Waals surface area (Å²) in [5.41, 5.74) is 2.10. The van der Waals surface area contributed by atoms with E-state index in [1.54, 1.807) is 6.21 Å². The Morgan fingerprint density at radius 2 is 2.00 bits per heavy atom. The molecule has 16 heavy (non-hydrogen) atoms. The molecular weight excluding hydrogens is 286 g/mol. The molecule has 0 radical (unpaired) electrons. The fraction of sp³-hybridized carbons (Fsp3) is 0.417. The van der Waals surface area contributed by atoms with Gasteiger partial charge in [0.2, 0.25) is 0 Å². The lowest BCUT2D eigenvalue weighted by Gasteiger charge is -2.12. The first-order valence-corrected chi connectivity index (χ1v) is 6.93. The van der Waals surface area contributed by atoms with Gasteiger partial charge in [0, 0.05) is 10.7 Å². The molecule has 2 nitrogen and oxygen atoms in total. The Kier molecular flexibility index (Phi) is 4.44. The minimum atomic E-state index is -1.20. The molecule has 0 spiro atoms. The van der Waals surface area contributed by atoms with Crippen molar-refractivity contribution in [1.29, 1.82) is 0 Å². The normalized spacial score (nSPS) is 14.3. The van der Waals surface area contributed by atoms with E-state index in [1.807, 2.05) is 45.9 Å². The van der Waals surface area contributed by atoms with Crippen molar-refractivity contribution in [3.63, 3.8) is 0 Å². The average molecular weight is 302 g/mol. The molecule has 1 aromatic rings. The number of hydrogen-bond acceptors (Lipinski definition) is 1. The van der Waals surface area contributed by atoms with Gasteiger partial charge in [0.25, 0.3) is 0 Å². The molecule has 0 amide bonds. The van der Waals surface area contributed by atoms with Gasteiger partial charge in [-0.25, -0.2) is 4.21 Å². The third kappa shape index (κ3) is 3.52. The van der Waals surface area contributed by atoms with Crippen LogP contribution in [0, 0.1) is 6.92 Å². The molecule has 0 aliphatic heterocycles. The molecule has 88 valence electrons. The average Bonchev–Trinajstić information content (AvgIpc) is 2.18. The highest BCUT2D eigenvalue weighted by Crippen LogP contribution is 2.19. The smallest absolute Gasteiger partial charge is 0.144 e. The summed E-state index contributed by atoms with van der Waals surface area (Å²) in [4.78, 5) is 0. The van der Waals surface area contributed by atoms with Gasteiger partial charge in [0.1, 0.15) is 11.0 Å². The van der Waals surface area contributed by atoms with Gasteiger partial charge < -0.3 is 0 Å². The molecule has 0 unspecified atom stereocenters. The van der Waals surface area contributed by atoms with Crippen molar-refractivity contribution >= 4 is 33.1 Å². The highest BCUT2D eigenvalue weighted by Gasteiger charge is 2.18. The van der Waals surface area contributed by atoms with Crippen LogP contribution < -0.4 is 0 Å². The van der Waals surface area contributed by atoms with Crippen LogP contribution in [0.25, 0.3) is 0 Å². The molecule has 1 aromatic carbocycles. The van der Waals surface area contributed by atoms with Gasteiger partial charge in [0.15, 0.2) is 0 Å². The molecule has 0 fully saturated rings. The van der Waals surface area contributed by atoms with Crippen LogP contribution in [-0.4, -0.2) is 15.2 Å². The lowest BCUT2D eigenvalue weighted by atomic mass is 10.1. The first-order chi connectivity index (χ1) is 7.32. The van der Waals surface area contributed by atoms with E-state index in [-0.39, 0.29) is 4.75 Å². The van der Waals surface area contributed by atoms with E-state index in [9.17, 15) is 4.21 Å². The number of nitrogens with zero attached hydrogens (tertiary/aromatic N) is 1. The molecule has 0 aromatic heterocycles. The molecule has 0 aliphatic rings. The van der Waals surface area contributed by atoms with E-state index in [1.165, 1.54) is 0 Å². The predicted molar refractivity (Wildman–Crippen MR) is 74.4 cm³/mol. The van der Waals surface area contributed by atoms with Crippen LogP contribution in [0.3, 0.4) is 0 Å². The fourth-order valence-electron chi connectivity index (χ4n) is 1.03. The summed E-state index contributed by atoms with van der Waals surface area (Å²) in [6, 6.07) is 5.88. The summed E-state index contributed by atoms with van der Waals surface area (Å²) in [5, 5.41) is 0. The summed E-state index contributed by atoms with van der Waals surface area (Å²) >= 11 is 3.46. The van der Waals surface area contributed by atoms with Crippen molar-refractivity contribution in [3.05, 3.63) is 33.8 Å². The second kappa shape index (κ2) is 5.23. The van der Waals surface area contributed by atoms with Crippen molar-refractivity contribution in [2.24, 2.45) is 4.40 Å². The van der Waals surface area contributed by atoms with Crippen molar-refractivity contribution < 1.29 is 4.21 Å². The maximum atomic E-state index is 11.7. The third-order valence-electron chi connectivity index (χ3n) is 2.12. The van der Waals surface area contributed by atoms with E-state index in [0.717, 1.165) is 15.6 Å². The minimum absolute atomic E-state index is 0.309. The number of halogens is 1. The molecule has 1 rings (SSSR count). The molecule has 0 saturated carbocycles. The second-order valence-corrected chi connectivity index (χ2v) is 7.34. The van der Waals surface area contributed by atoms with Crippen molar-refractivity contribution in [2.75, 3.05) is 0 Å². The minimum Gasteiger partial charge on any atom is -0.234 e. The number of rotatable bonds is 2. The van der Waals surface area contributed by atoms with E-state index >= 15 is 0 Å². The Labute approximate surface area is 108 Å². The fourth-order valence-corrected chi connectivity index (χ4v) is 1.93. The Bertz CT molecular complexity index is 435. The van der Waals surface area contributed by atoms with Crippen LogP contribution in [0.15, 0.2) is 27.1 Å². The Balaban J connectivity index is 2.94. The van der Waals surface area contributed by atoms with Crippen LogP contribution in [-0.2, 0) is 11.0 Å². The first-order valence-electron chi connectivity index (χ1n) is 5.03. The zero-order chi connectivity index (χ0) is 12.3. The highest BCUT2D eigenvalue weighted by atomic mass is 79.9. The molecule has 0 bridgehead atoms. The van der Waals surface area contributed by atoms with Gasteiger partial charge >= 0.3 is 0 Å². The summed E-state index contributed by atoms with van der Waals surface area (Å²) in [6.07, 6.45) is 1.68. The Morgan fingerprint density at radius 3 is 2.56 bits per heavy atom. The first kappa shape index (κ1) is 13.6. The second-order valence-electron chi connectivity index (χ2n) is 4.55. The van der Waals surface area contributed by atoms with Crippen LogP contribution in [0.1, 0.15) is 31.9 Å². The predicted octanol–water partition coefficient (Wildman–Crippen LogP) is 3.64. The number of hydrogen-bond donors (Lipinski definition) is 0. The summed E-state index contributed by atoms with van der Waals surface area (Å²) in [7, 11) is -1.20. The maximum absolute atomic E-state index is 11.7. The van der Waals surface area contributed by atoms with Gasteiger partial charge in [-0.2, -0.15) is 4.40 Å². The topological polar surface area (TPSA) is 29.4 Å².